The maximum atomic E-state index is 12.2. The van der Waals surface area contributed by atoms with Crippen molar-refractivity contribution in [1.82, 2.24) is 0 Å². The molecule has 1 unspecified atom stereocenters. The van der Waals surface area contributed by atoms with E-state index in [1.807, 2.05) is 6.07 Å². The first-order valence-corrected chi connectivity index (χ1v) is 7.66. The van der Waals surface area contributed by atoms with Gasteiger partial charge in [0.1, 0.15) is 11.8 Å². The van der Waals surface area contributed by atoms with Crippen molar-refractivity contribution >= 4 is 44.7 Å². The Hall–Kier alpha value is -1.35. The predicted octanol–water partition coefficient (Wildman–Crippen LogP) is 4.69. The standard InChI is InChI=1S/C14H9BrClNO2S/c1-8(14(18)12-4-5-13(16)20-12)19-11-3-2-10(15)6-9(11)7-17/h2-6,8H,1H3. The predicted molar refractivity (Wildman–Crippen MR) is 82.6 cm³/mol. The Labute approximate surface area is 133 Å². The van der Waals surface area contributed by atoms with Crippen LogP contribution in [-0.4, -0.2) is 11.9 Å². The van der Waals surface area contributed by atoms with Gasteiger partial charge in [0.05, 0.1) is 14.8 Å². The highest BCUT2D eigenvalue weighted by molar-refractivity contribution is 9.10. The minimum absolute atomic E-state index is 0.159. The zero-order valence-electron chi connectivity index (χ0n) is 10.4. The van der Waals surface area contributed by atoms with E-state index in [9.17, 15) is 4.79 Å². The number of rotatable bonds is 4. The number of benzene rings is 1. The molecule has 0 radical (unpaired) electrons. The van der Waals surface area contributed by atoms with E-state index < -0.39 is 6.10 Å². The number of hydrogen-bond donors (Lipinski definition) is 0. The zero-order chi connectivity index (χ0) is 14.7. The molecule has 0 aliphatic rings. The minimum Gasteiger partial charge on any atom is -0.481 e. The van der Waals surface area contributed by atoms with Gasteiger partial charge in [0, 0.05) is 4.47 Å². The summed E-state index contributed by atoms with van der Waals surface area (Å²) in [5.74, 6) is 0.230. The van der Waals surface area contributed by atoms with Crippen LogP contribution in [0.25, 0.3) is 0 Å². The van der Waals surface area contributed by atoms with Crippen LogP contribution in [0.1, 0.15) is 22.2 Å². The van der Waals surface area contributed by atoms with E-state index in [0.29, 0.717) is 20.5 Å². The van der Waals surface area contributed by atoms with E-state index in [0.717, 1.165) is 4.47 Å². The Morgan fingerprint density at radius 3 is 2.80 bits per heavy atom. The van der Waals surface area contributed by atoms with Crippen molar-refractivity contribution in [3.05, 3.63) is 49.6 Å². The maximum absolute atomic E-state index is 12.2. The van der Waals surface area contributed by atoms with Gasteiger partial charge in [-0.3, -0.25) is 4.79 Å². The van der Waals surface area contributed by atoms with Crippen molar-refractivity contribution in [1.29, 1.82) is 5.26 Å². The number of ketones is 1. The molecule has 0 saturated carbocycles. The molecule has 3 nitrogen and oxygen atoms in total. The fraction of sp³-hybridized carbons (Fsp3) is 0.143. The molecule has 20 heavy (non-hydrogen) atoms. The molecule has 1 aromatic heterocycles. The van der Waals surface area contributed by atoms with Crippen molar-refractivity contribution in [3.8, 4) is 11.8 Å². The first-order valence-electron chi connectivity index (χ1n) is 5.67. The quantitative estimate of drug-likeness (QED) is 0.734. The lowest BCUT2D eigenvalue weighted by molar-refractivity contribution is 0.0822. The Morgan fingerprint density at radius 1 is 1.45 bits per heavy atom. The van der Waals surface area contributed by atoms with Gasteiger partial charge in [0.25, 0.3) is 0 Å². The number of ether oxygens (including phenoxy) is 1. The molecule has 1 atom stereocenters. The summed E-state index contributed by atoms with van der Waals surface area (Å²) >= 11 is 10.3. The second-order valence-corrected chi connectivity index (χ2v) is 6.61. The van der Waals surface area contributed by atoms with Gasteiger partial charge in [0.15, 0.2) is 6.10 Å². The van der Waals surface area contributed by atoms with Crippen molar-refractivity contribution in [3.63, 3.8) is 0 Å². The highest BCUT2D eigenvalue weighted by Gasteiger charge is 2.20. The second kappa shape index (κ2) is 6.40. The molecular formula is C14H9BrClNO2S. The van der Waals surface area contributed by atoms with Crippen molar-refractivity contribution in [2.75, 3.05) is 0 Å². The van der Waals surface area contributed by atoms with E-state index in [2.05, 4.69) is 15.9 Å². The molecule has 102 valence electrons. The van der Waals surface area contributed by atoms with Crippen molar-refractivity contribution < 1.29 is 9.53 Å². The lowest BCUT2D eigenvalue weighted by Crippen LogP contribution is -2.23. The Balaban J connectivity index is 2.18. The molecule has 6 heteroatoms. The average molecular weight is 371 g/mol. The summed E-state index contributed by atoms with van der Waals surface area (Å²) in [5.41, 5.74) is 0.378. The number of nitrogens with zero attached hydrogens (tertiary/aromatic N) is 1. The fourth-order valence-corrected chi connectivity index (χ4v) is 3.01. The van der Waals surface area contributed by atoms with E-state index in [1.54, 1.807) is 37.3 Å². The first kappa shape index (κ1) is 15.0. The van der Waals surface area contributed by atoms with Gasteiger partial charge < -0.3 is 4.74 Å². The third-order valence-corrected chi connectivity index (χ3v) is 4.29. The van der Waals surface area contributed by atoms with Crippen LogP contribution in [0, 0.1) is 11.3 Å². The normalized spacial score (nSPS) is 11.7. The summed E-state index contributed by atoms with van der Waals surface area (Å²) in [6.45, 7) is 1.65. The number of Topliss-reactive ketones (excluding diaryl/α,β-unsaturated/α-hetero) is 1. The molecule has 1 heterocycles. The van der Waals surface area contributed by atoms with Gasteiger partial charge in [-0.2, -0.15) is 5.26 Å². The molecule has 0 bridgehead atoms. The van der Waals surface area contributed by atoms with E-state index in [4.69, 9.17) is 21.6 Å². The highest BCUT2D eigenvalue weighted by atomic mass is 79.9. The Morgan fingerprint density at radius 2 is 2.20 bits per heavy atom. The fourth-order valence-electron chi connectivity index (χ4n) is 1.58. The number of nitriles is 1. The first-order chi connectivity index (χ1) is 9.51. The van der Waals surface area contributed by atoms with Crippen LogP contribution in [0.5, 0.6) is 5.75 Å². The average Bonchev–Trinajstić information content (AvgIpc) is 2.86. The Kier molecular flexibility index (Phi) is 4.81. The Bertz CT molecular complexity index is 693. The molecule has 0 saturated heterocycles. The highest BCUT2D eigenvalue weighted by Crippen LogP contribution is 2.26. The van der Waals surface area contributed by atoms with E-state index in [-0.39, 0.29) is 5.78 Å². The van der Waals surface area contributed by atoms with Gasteiger partial charge in [0.2, 0.25) is 5.78 Å². The number of thiophene rings is 1. The van der Waals surface area contributed by atoms with Gasteiger partial charge in [-0.05, 0) is 37.3 Å². The van der Waals surface area contributed by atoms with E-state index in [1.165, 1.54) is 11.3 Å². The summed E-state index contributed by atoms with van der Waals surface area (Å²) in [6, 6.07) is 10.4. The lowest BCUT2D eigenvalue weighted by Gasteiger charge is -2.14. The molecule has 2 rings (SSSR count). The lowest BCUT2D eigenvalue weighted by atomic mass is 10.2. The number of carbonyl (C=O) groups excluding carboxylic acids is 1. The number of hydrogen-bond acceptors (Lipinski definition) is 4. The zero-order valence-corrected chi connectivity index (χ0v) is 13.6. The third-order valence-electron chi connectivity index (χ3n) is 2.55. The SMILES string of the molecule is CC(Oc1ccc(Br)cc1C#N)C(=O)c1ccc(Cl)s1. The number of halogens is 2. The maximum Gasteiger partial charge on any atom is 0.212 e. The van der Waals surface area contributed by atoms with Crippen LogP contribution < -0.4 is 4.74 Å². The van der Waals surface area contributed by atoms with Gasteiger partial charge >= 0.3 is 0 Å². The largest absolute Gasteiger partial charge is 0.481 e. The van der Waals surface area contributed by atoms with Gasteiger partial charge in [-0.25, -0.2) is 0 Å². The monoisotopic (exact) mass is 369 g/mol. The molecule has 0 amide bonds. The van der Waals surface area contributed by atoms with Crippen molar-refractivity contribution in [2.24, 2.45) is 0 Å². The topological polar surface area (TPSA) is 50.1 Å². The van der Waals surface area contributed by atoms with Crippen LogP contribution in [-0.2, 0) is 0 Å². The smallest absolute Gasteiger partial charge is 0.212 e. The molecular weight excluding hydrogens is 362 g/mol. The van der Waals surface area contributed by atoms with Gasteiger partial charge in [-0.1, -0.05) is 27.5 Å². The molecule has 0 fully saturated rings. The summed E-state index contributed by atoms with van der Waals surface area (Å²) in [4.78, 5) is 12.7. The third kappa shape index (κ3) is 3.40. The van der Waals surface area contributed by atoms with Crippen LogP contribution in [0.15, 0.2) is 34.8 Å². The summed E-state index contributed by atoms with van der Waals surface area (Å²) < 4.78 is 6.93. The molecule has 1 aromatic carbocycles. The molecule has 0 spiro atoms. The van der Waals surface area contributed by atoms with Gasteiger partial charge in [-0.15, -0.1) is 11.3 Å². The molecule has 0 N–H and O–H groups in total. The van der Waals surface area contributed by atoms with Crippen molar-refractivity contribution in [2.45, 2.75) is 13.0 Å². The molecule has 0 aliphatic carbocycles. The molecule has 2 aromatic rings. The summed E-state index contributed by atoms with van der Waals surface area (Å²) in [6.07, 6.45) is -0.682. The summed E-state index contributed by atoms with van der Waals surface area (Å²) in [5, 5.41) is 9.06. The van der Waals surface area contributed by atoms with E-state index >= 15 is 0 Å². The minimum atomic E-state index is -0.682. The van der Waals surface area contributed by atoms with Crippen LogP contribution in [0.4, 0.5) is 0 Å². The molecule has 0 aliphatic heterocycles. The van der Waals surface area contributed by atoms with Crippen LogP contribution in [0.3, 0.4) is 0 Å². The van der Waals surface area contributed by atoms with Crippen LogP contribution >= 0.6 is 38.9 Å². The number of carbonyl (C=O) groups is 1. The summed E-state index contributed by atoms with van der Waals surface area (Å²) in [7, 11) is 0. The van der Waals surface area contributed by atoms with Crippen LogP contribution in [0.2, 0.25) is 4.34 Å². The second-order valence-electron chi connectivity index (χ2n) is 3.98.